The van der Waals surface area contributed by atoms with E-state index in [0.717, 1.165) is 12.1 Å². The number of hydrogen-bond donors (Lipinski definition) is 1. The highest BCUT2D eigenvalue weighted by Crippen LogP contribution is 2.32. The second-order valence-corrected chi connectivity index (χ2v) is 7.50. The summed E-state index contributed by atoms with van der Waals surface area (Å²) in [7, 11) is 0. The van der Waals surface area contributed by atoms with E-state index in [2.05, 4.69) is 15.4 Å². The maximum absolute atomic E-state index is 12.8. The number of fused-ring (bicyclic) bond motifs is 1. The fourth-order valence-corrected chi connectivity index (χ4v) is 3.55. The van der Waals surface area contributed by atoms with Crippen molar-refractivity contribution in [3.05, 3.63) is 81.6 Å². The van der Waals surface area contributed by atoms with Gasteiger partial charge in [0.15, 0.2) is 5.65 Å². The summed E-state index contributed by atoms with van der Waals surface area (Å²) in [5.41, 5.74) is 1.09. The number of aromatic nitrogens is 3. The molecule has 10 heteroatoms. The molecule has 1 N–H and O–H groups in total. The molecule has 0 saturated carbocycles. The highest BCUT2D eigenvalue weighted by atomic mass is 35.5. The number of alkyl halides is 3. The number of pyridine rings is 1. The first kappa shape index (κ1) is 24.5. The molecule has 4 aromatic rings. The molecule has 0 aliphatic heterocycles. The van der Waals surface area contributed by atoms with Crippen molar-refractivity contribution < 1.29 is 18.0 Å². The van der Waals surface area contributed by atoms with E-state index in [1.165, 1.54) is 23.0 Å². The maximum atomic E-state index is 12.8. The van der Waals surface area contributed by atoms with Gasteiger partial charge in [-0.05, 0) is 55.5 Å². The van der Waals surface area contributed by atoms with Crippen LogP contribution >= 0.6 is 23.2 Å². The fraction of sp³-hybridized carbons (Fsp3) is 0.174. The third kappa shape index (κ3) is 5.12. The summed E-state index contributed by atoms with van der Waals surface area (Å²) in [6, 6.07) is 11.1. The Labute approximate surface area is 198 Å². The number of halogens is 5. The van der Waals surface area contributed by atoms with Crippen molar-refractivity contribution in [2.24, 2.45) is 0 Å². The molecule has 33 heavy (non-hydrogen) atoms. The quantitative estimate of drug-likeness (QED) is 0.324. The number of benzene rings is 2. The number of carbonyl (C=O) groups is 1. The van der Waals surface area contributed by atoms with E-state index in [4.69, 9.17) is 23.2 Å². The van der Waals surface area contributed by atoms with Crippen molar-refractivity contribution in [3.63, 3.8) is 0 Å². The minimum absolute atomic E-state index is 0.138. The summed E-state index contributed by atoms with van der Waals surface area (Å²) in [4.78, 5) is 17.0. The van der Waals surface area contributed by atoms with Gasteiger partial charge in [0.05, 0.1) is 32.9 Å². The molecule has 2 aromatic carbocycles. The highest BCUT2D eigenvalue weighted by molar-refractivity contribution is 6.39. The molecule has 0 unspecified atom stereocenters. The van der Waals surface area contributed by atoms with Crippen LogP contribution in [0.2, 0.25) is 10.0 Å². The Balaban J connectivity index is 0.00000149. The van der Waals surface area contributed by atoms with Crippen LogP contribution in [0.5, 0.6) is 0 Å². The van der Waals surface area contributed by atoms with Crippen LogP contribution in [-0.2, 0) is 6.18 Å². The van der Waals surface area contributed by atoms with Crippen LogP contribution in [0, 0.1) is 6.92 Å². The molecule has 2 aromatic heterocycles. The smallest absolute Gasteiger partial charge is 0.322 e. The zero-order chi connectivity index (χ0) is 24.3. The van der Waals surface area contributed by atoms with Gasteiger partial charge < -0.3 is 5.32 Å². The van der Waals surface area contributed by atoms with Gasteiger partial charge in [0.1, 0.15) is 0 Å². The molecular weight excluding hydrogens is 476 g/mol. The van der Waals surface area contributed by atoms with Gasteiger partial charge >= 0.3 is 6.18 Å². The third-order valence-corrected chi connectivity index (χ3v) is 5.24. The second kappa shape index (κ2) is 9.80. The molecule has 5 nitrogen and oxygen atoms in total. The van der Waals surface area contributed by atoms with Gasteiger partial charge in [-0.3, -0.25) is 4.79 Å². The highest BCUT2D eigenvalue weighted by Gasteiger charge is 2.30. The molecule has 1 amide bonds. The Bertz CT molecular complexity index is 1280. The Hall–Kier alpha value is -3.10. The minimum Gasteiger partial charge on any atom is -0.322 e. The predicted molar refractivity (Wildman–Crippen MR) is 124 cm³/mol. The Morgan fingerprint density at radius 3 is 2.18 bits per heavy atom. The fourth-order valence-electron chi connectivity index (χ4n) is 3.07. The summed E-state index contributed by atoms with van der Waals surface area (Å²) in [6.45, 7) is 5.68. The van der Waals surface area contributed by atoms with Crippen LogP contribution in [0.15, 0.2) is 54.7 Å². The predicted octanol–water partition coefficient (Wildman–Crippen LogP) is 7.33. The van der Waals surface area contributed by atoms with Gasteiger partial charge in [0.2, 0.25) is 0 Å². The van der Waals surface area contributed by atoms with Crippen molar-refractivity contribution >= 4 is 45.8 Å². The molecule has 0 radical (unpaired) electrons. The number of aryl methyl sites for hydroxylation is 1. The lowest BCUT2D eigenvalue weighted by Crippen LogP contribution is -2.13. The minimum atomic E-state index is -4.44. The summed E-state index contributed by atoms with van der Waals surface area (Å²) < 4.78 is 39.9. The first-order valence-corrected chi connectivity index (χ1v) is 10.7. The van der Waals surface area contributed by atoms with E-state index in [9.17, 15) is 18.0 Å². The number of carbonyl (C=O) groups excluding carboxylic acids is 1. The van der Waals surface area contributed by atoms with E-state index in [1.54, 1.807) is 31.2 Å². The Kier molecular flexibility index (Phi) is 7.29. The van der Waals surface area contributed by atoms with Gasteiger partial charge in [-0.1, -0.05) is 37.0 Å². The Morgan fingerprint density at radius 1 is 1.00 bits per heavy atom. The van der Waals surface area contributed by atoms with Gasteiger partial charge in [0.25, 0.3) is 5.91 Å². The number of nitrogens with zero attached hydrogens (tertiary/aromatic N) is 3. The molecule has 0 atom stereocenters. The molecule has 0 bridgehead atoms. The molecule has 2 heterocycles. The van der Waals surface area contributed by atoms with E-state index in [1.807, 2.05) is 13.8 Å². The normalized spacial score (nSPS) is 11.2. The molecule has 172 valence electrons. The maximum Gasteiger partial charge on any atom is 0.416 e. The second-order valence-electron chi connectivity index (χ2n) is 6.69. The monoisotopic (exact) mass is 494 g/mol. The molecule has 0 aliphatic rings. The Morgan fingerprint density at radius 2 is 1.61 bits per heavy atom. The largest absolute Gasteiger partial charge is 0.416 e. The average Bonchev–Trinajstić information content (AvgIpc) is 3.13. The van der Waals surface area contributed by atoms with Gasteiger partial charge in [0, 0.05) is 16.9 Å². The summed E-state index contributed by atoms with van der Waals surface area (Å²) >= 11 is 12.3. The van der Waals surface area contributed by atoms with Gasteiger partial charge in [-0.25, -0.2) is 9.67 Å². The molecule has 4 rings (SSSR count). The van der Waals surface area contributed by atoms with Crippen molar-refractivity contribution in [2.45, 2.75) is 26.9 Å². The van der Waals surface area contributed by atoms with Gasteiger partial charge in [-0.2, -0.15) is 18.3 Å². The van der Waals surface area contributed by atoms with Crippen LogP contribution in [0.1, 0.15) is 35.5 Å². The molecule has 0 aliphatic carbocycles. The molecule has 0 saturated heterocycles. The SMILES string of the molecule is CC.Cc1nn(-c2ccc(C(F)(F)F)cc2)c2ncc(C(=O)Nc3ccc(Cl)cc3)c(Cl)c12. The van der Waals surface area contributed by atoms with Crippen molar-refractivity contribution in [2.75, 3.05) is 5.32 Å². The lowest BCUT2D eigenvalue weighted by atomic mass is 10.2. The van der Waals surface area contributed by atoms with E-state index in [0.29, 0.717) is 33.1 Å². The third-order valence-electron chi connectivity index (χ3n) is 4.59. The van der Waals surface area contributed by atoms with E-state index >= 15 is 0 Å². The van der Waals surface area contributed by atoms with Crippen LogP contribution in [0.25, 0.3) is 16.7 Å². The van der Waals surface area contributed by atoms with Crippen LogP contribution in [0.3, 0.4) is 0 Å². The number of anilines is 1. The van der Waals surface area contributed by atoms with Crippen LogP contribution in [0.4, 0.5) is 18.9 Å². The van der Waals surface area contributed by atoms with Crippen LogP contribution < -0.4 is 5.32 Å². The van der Waals surface area contributed by atoms with E-state index < -0.39 is 17.6 Å². The summed E-state index contributed by atoms with van der Waals surface area (Å²) in [6.07, 6.45) is -3.13. The van der Waals surface area contributed by atoms with Gasteiger partial charge in [-0.15, -0.1) is 0 Å². The van der Waals surface area contributed by atoms with Crippen LogP contribution in [-0.4, -0.2) is 20.7 Å². The summed E-state index contributed by atoms with van der Waals surface area (Å²) in [5.74, 6) is -0.469. The zero-order valence-corrected chi connectivity index (χ0v) is 19.3. The van der Waals surface area contributed by atoms with Crippen molar-refractivity contribution in [1.29, 1.82) is 0 Å². The number of nitrogens with one attached hydrogen (secondary N) is 1. The first-order chi connectivity index (χ1) is 15.6. The average molecular weight is 495 g/mol. The molecule has 0 fully saturated rings. The van der Waals surface area contributed by atoms with E-state index in [-0.39, 0.29) is 10.6 Å². The first-order valence-electron chi connectivity index (χ1n) is 9.93. The summed E-state index contributed by atoms with van der Waals surface area (Å²) in [5, 5.41) is 8.18. The lowest BCUT2D eigenvalue weighted by Gasteiger charge is -2.09. The topological polar surface area (TPSA) is 59.8 Å². The molecule has 0 spiro atoms. The number of amides is 1. The molecular formula is C23H19Cl2F3N4O. The standard InChI is InChI=1S/C21H13Cl2F3N4O.C2H6/c1-11-17-18(23)16(20(31)28-14-6-4-13(22)5-7-14)10-27-19(17)30(29-11)15-8-2-12(3-9-15)21(24,25)26;1-2/h2-10H,1H3,(H,28,31);1-2H3. The number of rotatable bonds is 3. The zero-order valence-electron chi connectivity index (χ0n) is 17.8. The van der Waals surface area contributed by atoms with Crippen molar-refractivity contribution in [3.8, 4) is 5.69 Å². The number of hydrogen-bond acceptors (Lipinski definition) is 3. The van der Waals surface area contributed by atoms with Crippen molar-refractivity contribution in [1.82, 2.24) is 14.8 Å². The lowest BCUT2D eigenvalue weighted by molar-refractivity contribution is -0.137.